The van der Waals surface area contributed by atoms with Crippen LogP contribution in [0.2, 0.25) is 0 Å². The summed E-state index contributed by atoms with van der Waals surface area (Å²) in [4.78, 5) is 15.2. The standard InChI is InChI=1S/C18H18N2O3S/c1-13-8-10-15(11-9-13)20-14(2)17(19-18(20)21)12-24(22,23)16-6-4-3-5-7-16/h3-11H,12H2,1-2H3,(H,19,21). The average molecular weight is 342 g/mol. The number of aromatic amines is 1. The molecule has 0 atom stereocenters. The fourth-order valence-electron chi connectivity index (χ4n) is 2.61. The number of aryl methyl sites for hydroxylation is 1. The van der Waals surface area contributed by atoms with Crippen molar-refractivity contribution in [2.75, 3.05) is 0 Å². The lowest BCUT2D eigenvalue weighted by Gasteiger charge is -2.07. The van der Waals surface area contributed by atoms with Gasteiger partial charge in [0, 0.05) is 5.69 Å². The van der Waals surface area contributed by atoms with Crippen LogP contribution in [-0.4, -0.2) is 18.0 Å². The van der Waals surface area contributed by atoms with E-state index < -0.39 is 9.84 Å². The minimum atomic E-state index is -3.51. The second-order valence-electron chi connectivity index (χ2n) is 5.74. The number of nitrogens with one attached hydrogen (secondary N) is 1. The normalized spacial score (nSPS) is 11.6. The molecule has 5 nitrogen and oxygen atoms in total. The number of hydrogen-bond donors (Lipinski definition) is 1. The van der Waals surface area contributed by atoms with Crippen molar-refractivity contribution < 1.29 is 8.42 Å². The maximum absolute atomic E-state index is 12.5. The summed E-state index contributed by atoms with van der Waals surface area (Å²) in [6.07, 6.45) is 0. The Morgan fingerprint density at radius 2 is 1.58 bits per heavy atom. The molecule has 3 aromatic rings. The molecule has 124 valence electrons. The molecule has 6 heteroatoms. The predicted molar refractivity (Wildman–Crippen MR) is 93.2 cm³/mol. The van der Waals surface area contributed by atoms with E-state index in [0.717, 1.165) is 5.56 Å². The summed E-state index contributed by atoms with van der Waals surface area (Å²) in [6, 6.07) is 15.7. The number of benzene rings is 2. The lowest BCUT2D eigenvalue weighted by molar-refractivity contribution is 0.594. The first-order valence-corrected chi connectivity index (χ1v) is 9.19. The molecule has 0 unspecified atom stereocenters. The Balaban J connectivity index is 2.01. The zero-order valence-corrected chi connectivity index (χ0v) is 14.3. The van der Waals surface area contributed by atoms with E-state index in [-0.39, 0.29) is 16.3 Å². The summed E-state index contributed by atoms with van der Waals surface area (Å²) >= 11 is 0. The fourth-order valence-corrected chi connectivity index (χ4v) is 4.01. The summed E-state index contributed by atoms with van der Waals surface area (Å²) in [7, 11) is -3.51. The summed E-state index contributed by atoms with van der Waals surface area (Å²) in [5, 5.41) is 0. The van der Waals surface area contributed by atoms with Gasteiger partial charge in [-0.1, -0.05) is 35.9 Å². The Morgan fingerprint density at radius 1 is 0.958 bits per heavy atom. The Hall–Kier alpha value is -2.60. The Labute approximate surface area is 140 Å². The van der Waals surface area contributed by atoms with E-state index in [9.17, 15) is 13.2 Å². The van der Waals surface area contributed by atoms with Crippen LogP contribution >= 0.6 is 0 Å². The summed E-state index contributed by atoms with van der Waals surface area (Å²) in [6.45, 7) is 3.71. The molecule has 0 saturated carbocycles. The van der Waals surface area contributed by atoms with E-state index in [4.69, 9.17) is 0 Å². The minimum absolute atomic E-state index is 0.239. The Morgan fingerprint density at radius 3 is 2.21 bits per heavy atom. The lowest BCUT2D eigenvalue weighted by atomic mass is 10.2. The molecular weight excluding hydrogens is 324 g/mol. The van der Waals surface area contributed by atoms with E-state index in [1.165, 1.54) is 4.57 Å². The number of sulfone groups is 1. The second-order valence-corrected chi connectivity index (χ2v) is 7.73. The number of rotatable bonds is 4. The third-order valence-electron chi connectivity index (χ3n) is 3.96. The SMILES string of the molecule is Cc1ccc(-n2c(C)c(CS(=O)(=O)c3ccccc3)[nH]c2=O)cc1. The van der Waals surface area contributed by atoms with Crippen LogP contribution in [0.5, 0.6) is 0 Å². The zero-order chi connectivity index (χ0) is 17.3. The molecule has 0 saturated heterocycles. The Bertz CT molecular complexity index is 1010. The lowest BCUT2D eigenvalue weighted by Crippen LogP contribution is -2.15. The molecule has 3 rings (SSSR count). The largest absolute Gasteiger partial charge is 0.330 e. The number of nitrogens with zero attached hydrogens (tertiary/aromatic N) is 1. The van der Waals surface area contributed by atoms with Crippen LogP contribution in [0.25, 0.3) is 5.69 Å². The number of imidazole rings is 1. The van der Waals surface area contributed by atoms with Crippen molar-refractivity contribution >= 4 is 9.84 Å². The van der Waals surface area contributed by atoms with Crippen molar-refractivity contribution in [2.24, 2.45) is 0 Å². The van der Waals surface area contributed by atoms with Gasteiger partial charge in [-0.05, 0) is 38.1 Å². The van der Waals surface area contributed by atoms with E-state index in [2.05, 4.69) is 4.98 Å². The van der Waals surface area contributed by atoms with Gasteiger partial charge in [0.1, 0.15) is 0 Å². The number of aromatic nitrogens is 2. The van der Waals surface area contributed by atoms with Crippen LogP contribution in [0.3, 0.4) is 0 Å². The van der Waals surface area contributed by atoms with Gasteiger partial charge in [0.05, 0.1) is 22.0 Å². The Kier molecular flexibility index (Phi) is 4.15. The highest BCUT2D eigenvalue weighted by atomic mass is 32.2. The van der Waals surface area contributed by atoms with Gasteiger partial charge in [0.25, 0.3) is 0 Å². The van der Waals surface area contributed by atoms with E-state index in [0.29, 0.717) is 17.1 Å². The first kappa shape index (κ1) is 16.3. The quantitative estimate of drug-likeness (QED) is 0.792. The van der Waals surface area contributed by atoms with Crippen molar-refractivity contribution in [3.05, 3.63) is 82.0 Å². The average Bonchev–Trinajstić information content (AvgIpc) is 2.83. The molecule has 0 amide bonds. The summed E-state index contributed by atoms with van der Waals surface area (Å²) in [5.41, 5.74) is 2.47. The smallest absolute Gasteiger partial charge is 0.308 e. The van der Waals surface area contributed by atoms with Gasteiger partial charge in [-0.2, -0.15) is 0 Å². The zero-order valence-electron chi connectivity index (χ0n) is 13.5. The van der Waals surface area contributed by atoms with Crippen molar-refractivity contribution in [1.29, 1.82) is 0 Å². The first-order chi connectivity index (χ1) is 11.4. The molecule has 0 bridgehead atoms. The van der Waals surface area contributed by atoms with Gasteiger partial charge < -0.3 is 4.98 Å². The maximum atomic E-state index is 12.5. The van der Waals surface area contributed by atoms with Crippen LogP contribution in [0.4, 0.5) is 0 Å². The molecule has 0 aliphatic carbocycles. The molecule has 0 spiro atoms. The van der Waals surface area contributed by atoms with Crippen LogP contribution in [0, 0.1) is 13.8 Å². The van der Waals surface area contributed by atoms with Gasteiger partial charge >= 0.3 is 5.69 Å². The highest BCUT2D eigenvalue weighted by Crippen LogP contribution is 2.18. The third-order valence-corrected chi connectivity index (χ3v) is 5.62. The highest BCUT2D eigenvalue weighted by molar-refractivity contribution is 7.90. The molecule has 0 radical (unpaired) electrons. The number of H-pyrrole nitrogens is 1. The molecule has 1 N–H and O–H groups in total. The summed E-state index contributed by atoms with van der Waals surface area (Å²) < 4.78 is 26.5. The topological polar surface area (TPSA) is 71.9 Å². The van der Waals surface area contributed by atoms with Crippen molar-refractivity contribution in [3.63, 3.8) is 0 Å². The van der Waals surface area contributed by atoms with Crippen LogP contribution < -0.4 is 5.69 Å². The van der Waals surface area contributed by atoms with Gasteiger partial charge in [0.15, 0.2) is 9.84 Å². The van der Waals surface area contributed by atoms with Crippen molar-refractivity contribution in [3.8, 4) is 5.69 Å². The van der Waals surface area contributed by atoms with Gasteiger partial charge in [-0.25, -0.2) is 13.2 Å². The van der Waals surface area contributed by atoms with Gasteiger partial charge in [-0.3, -0.25) is 4.57 Å². The van der Waals surface area contributed by atoms with E-state index in [1.807, 2.05) is 31.2 Å². The molecule has 24 heavy (non-hydrogen) atoms. The molecule has 1 aromatic heterocycles. The molecule has 2 aromatic carbocycles. The molecule has 1 heterocycles. The second kappa shape index (κ2) is 6.13. The van der Waals surface area contributed by atoms with E-state index >= 15 is 0 Å². The summed E-state index contributed by atoms with van der Waals surface area (Å²) in [5.74, 6) is -0.239. The maximum Gasteiger partial charge on any atom is 0.330 e. The molecule has 0 fully saturated rings. The van der Waals surface area contributed by atoms with Crippen LogP contribution in [0.15, 0.2) is 64.3 Å². The third kappa shape index (κ3) is 3.05. The molecular formula is C18H18N2O3S. The molecule has 0 aliphatic heterocycles. The minimum Gasteiger partial charge on any atom is -0.308 e. The molecule has 0 aliphatic rings. The van der Waals surface area contributed by atoms with E-state index in [1.54, 1.807) is 37.3 Å². The van der Waals surface area contributed by atoms with Crippen LogP contribution in [0.1, 0.15) is 17.0 Å². The number of hydrogen-bond acceptors (Lipinski definition) is 3. The monoisotopic (exact) mass is 342 g/mol. The fraction of sp³-hybridized carbons (Fsp3) is 0.167. The van der Waals surface area contributed by atoms with Crippen molar-refractivity contribution in [1.82, 2.24) is 9.55 Å². The predicted octanol–water partition coefficient (Wildman–Crippen LogP) is 2.76. The van der Waals surface area contributed by atoms with Gasteiger partial charge in [-0.15, -0.1) is 0 Å². The van der Waals surface area contributed by atoms with Crippen molar-refractivity contribution in [2.45, 2.75) is 24.5 Å². The van der Waals surface area contributed by atoms with Gasteiger partial charge in [0.2, 0.25) is 0 Å². The highest BCUT2D eigenvalue weighted by Gasteiger charge is 2.20. The first-order valence-electron chi connectivity index (χ1n) is 7.54. The van der Waals surface area contributed by atoms with Crippen LogP contribution in [-0.2, 0) is 15.6 Å².